The minimum Gasteiger partial charge on any atom is -0.497 e. The predicted molar refractivity (Wildman–Crippen MR) is 74.6 cm³/mol. The number of carboxylic acids is 1. The third kappa shape index (κ3) is 1.89. The second-order valence-electron chi connectivity index (χ2n) is 4.29. The molecule has 2 aromatic carbocycles. The number of ether oxygens (including phenoxy) is 1. The number of para-hydroxylation sites is 1. The molecule has 0 bridgehead atoms. The molecule has 0 aliphatic carbocycles. The first-order valence-corrected chi connectivity index (χ1v) is 6.04. The molecule has 0 spiro atoms. The molecule has 100 valence electrons. The van der Waals surface area contributed by atoms with Crippen LogP contribution in [-0.2, 0) is 0 Å². The van der Waals surface area contributed by atoms with Gasteiger partial charge in [-0.2, -0.15) is 0 Å². The van der Waals surface area contributed by atoms with E-state index >= 15 is 0 Å². The molecule has 0 amide bonds. The van der Waals surface area contributed by atoms with E-state index in [4.69, 9.17) is 4.74 Å². The van der Waals surface area contributed by atoms with Crippen molar-refractivity contribution >= 4 is 17.0 Å². The van der Waals surface area contributed by atoms with E-state index in [1.807, 2.05) is 24.3 Å². The summed E-state index contributed by atoms with van der Waals surface area (Å²) in [5, 5.41) is 9.31. The largest absolute Gasteiger partial charge is 0.497 e. The summed E-state index contributed by atoms with van der Waals surface area (Å²) in [5.74, 6) is -0.266. The van der Waals surface area contributed by atoms with Crippen LogP contribution in [0.2, 0.25) is 0 Å². The Morgan fingerprint density at radius 2 is 2.05 bits per heavy atom. The normalized spacial score (nSPS) is 10.7. The molecule has 0 saturated carbocycles. The van der Waals surface area contributed by atoms with Crippen LogP contribution < -0.4 is 4.74 Å². The van der Waals surface area contributed by atoms with Crippen LogP contribution in [0.1, 0.15) is 10.4 Å². The topological polar surface area (TPSA) is 64.4 Å². The van der Waals surface area contributed by atoms with Crippen molar-refractivity contribution in [3.63, 3.8) is 0 Å². The number of rotatable bonds is 3. The number of hydrogen-bond donors (Lipinski definition) is 1. The Balaban J connectivity index is 2.28. The van der Waals surface area contributed by atoms with Crippen LogP contribution in [0.25, 0.3) is 16.7 Å². The Morgan fingerprint density at radius 3 is 2.80 bits per heavy atom. The number of nitrogens with zero attached hydrogens (tertiary/aromatic N) is 2. The van der Waals surface area contributed by atoms with Crippen LogP contribution in [0.3, 0.4) is 0 Å². The van der Waals surface area contributed by atoms with E-state index in [0.29, 0.717) is 16.8 Å². The van der Waals surface area contributed by atoms with Crippen molar-refractivity contribution < 1.29 is 14.6 Å². The first-order chi connectivity index (χ1) is 9.70. The first-order valence-electron chi connectivity index (χ1n) is 6.04. The van der Waals surface area contributed by atoms with Gasteiger partial charge in [-0.05, 0) is 24.3 Å². The number of carboxylic acid groups (broad SMARTS) is 1. The first kappa shape index (κ1) is 12.2. The average Bonchev–Trinajstić information content (AvgIpc) is 2.91. The van der Waals surface area contributed by atoms with Gasteiger partial charge in [0, 0.05) is 6.07 Å². The maximum Gasteiger partial charge on any atom is 0.337 e. The smallest absolute Gasteiger partial charge is 0.337 e. The van der Waals surface area contributed by atoms with Gasteiger partial charge in [0.25, 0.3) is 0 Å². The van der Waals surface area contributed by atoms with E-state index in [2.05, 4.69) is 4.98 Å². The zero-order valence-electron chi connectivity index (χ0n) is 10.8. The quantitative estimate of drug-likeness (QED) is 0.793. The third-order valence-corrected chi connectivity index (χ3v) is 3.13. The predicted octanol–water partition coefficient (Wildman–Crippen LogP) is 2.73. The van der Waals surface area contributed by atoms with E-state index < -0.39 is 5.97 Å². The Kier molecular flexibility index (Phi) is 2.87. The van der Waals surface area contributed by atoms with Crippen molar-refractivity contribution in [2.75, 3.05) is 7.11 Å². The van der Waals surface area contributed by atoms with Crippen molar-refractivity contribution in [1.82, 2.24) is 9.55 Å². The number of methoxy groups -OCH3 is 1. The average molecular weight is 268 g/mol. The molecule has 3 aromatic rings. The maximum atomic E-state index is 11.4. The van der Waals surface area contributed by atoms with E-state index in [1.165, 1.54) is 0 Å². The fraction of sp³-hybridized carbons (Fsp3) is 0.0667. The van der Waals surface area contributed by atoms with Gasteiger partial charge >= 0.3 is 5.97 Å². The van der Waals surface area contributed by atoms with Crippen molar-refractivity contribution in [1.29, 1.82) is 0 Å². The lowest BCUT2D eigenvalue weighted by atomic mass is 10.1. The highest BCUT2D eigenvalue weighted by atomic mass is 16.5. The minimum atomic E-state index is -0.972. The number of aromatic nitrogens is 2. The van der Waals surface area contributed by atoms with Crippen molar-refractivity contribution in [3.05, 3.63) is 54.4 Å². The summed E-state index contributed by atoms with van der Waals surface area (Å²) in [6.07, 6.45) is 1.62. The molecule has 20 heavy (non-hydrogen) atoms. The Hall–Kier alpha value is -2.82. The lowest BCUT2D eigenvalue weighted by Gasteiger charge is -2.08. The van der Waals surface area contributed by atoms with Crippen molar-refractivity contribution in [2.45, 2.75) is 0 Å². The van der Waals surface area contributed by atoms with Crippen LogP contribution >= 0.6 is 0 Å². The fourth-order valence-corrected chi connectivity index (χ4v) is 2.20. The third-order valence-electron chi connectivity index (χ3n) is 3.13. The minimum absolute atomic E-state index is 0.225. The Morgan fingerprint density at radius 1 is 1.25 bits per heavy atom. The summed E-state index contributed by atoms with van der Waals surface area (Å²) in [6, 6.07) is 12.4. The maximum absolute atomic E-state index is 11.4. The molecule has 1 N–H and O–H groups in total. The van der Waals surface area contributed by atoms with Gasteiger partial charge in [0.2, 0.25) is 0 Å². The van der Waals surface area contributed by atoms with Gasteiger partial charge in [-0.1, -0.05) is 12.1 Å². The molecule has 5 nitrogen and oxygen atoms in total. The summed E-state index contributed by atoms with van der Waals surface area (Å²) < 4.78 is 6.94. The molecule has 1 heterocycles. The zero-order chi connectivity index (χ0) is 14.1. The van der Waals surface area contributed by atoms with Gasteiger partial charge < -0.3 is 9.84 Å². The molecule has 3 rings (SSSR count). The molecule has 0 aliphatic heterocycles. The van der Waals surface area contributed by atoms with Crippen LogP contribution in [0.5, 0.6) is 5.75 Å². The monoisotopic (exact) mass is 268 g/mol. The number of aromatic carboxylic acids is 1. The molecular weight excluding hydrogens is 256 g/mol. The zero-order valence-corrected chi connectivity index (χ0v) is 10.8. The molecule has 0 fully saturated rings. The highest BCUT2D eigenvalue weighted by Gasteiger charge is 2.14. The summed E-state index contributed by atoms with van der Waals surface area (Å²) in [4.78, 5) is 15.6. The SMILES string of the molecule is COc1cccc(-n2cnc3cccc(C(=O)O)c32)c1. The van der Waals surface area contributed by atoms with E-state index in [1.54, 1.807) is 36.2 Å². The summed E-state index contributed by atoms with van der Waals surface area (Å²) in [6.45, 7) is 0. The number of carbonyl (C=O) groups is 1. The molecule has 5 heteroatoms. The fourth-order valence-electron chi connectivity index (χ4n) is 2.20. The van der Waals surface area contributed by atoms with Crippen LogP contribution in [-0.4, -0.2) is 27.7 Å². The van der Waals surface area contributed by atoms with Gasteiger partial charge in [0.05, 0.1) is 29.4 Å². The lowest BCUT2D eigenvalue weighted by molar-refractivity contribution is 0.0698. The molecule has 1 aromatic heterocycles. The summed E-state index contributed by atoms with van der Waals surface area (Å²) in [7, 11) is 1.59. The highest BCUT2D eigenvalue weighted by molar-refractivity contribution is 6.01. The van der Waals surface area contributed by atoms with Crippen LogP contribution in [0.15, 0.2) is 48.8 Å². The lowest BCUT2D eigenvalue weighted by Crippen LogP contribution is -2.01. The number of imidazole rings is 1. The Labute approximate surface area is 115 Å². The van der Waals surface area contributed by atoms with Crippen molar-refractivity contribution in [2.24, 2.45) is 0 Å². The number of fused-ring (bicyclic) bond motifs is 1. The van der Waals surface area contributed by atoms with Gasteiger partial charge in [0.15, 0.2) is 0 Å². The molecule has 0 unspecified atom stereocenters. The number of benzene rings is 2. The van der Waals surface area contributed by atoms with Crippen molar-refractivity contribution in [3.8, 4) is 11.4 Å². The molecule has 0 saturated heterocycles. The molecular formula is C15H12N2O3. The molecule has 0 radical (unpaired) electrons. The number of hydrogen-bond acceptors (Lipinski definition) is 3. The Bertz CT molecular complexity index is 793. The molecule has 0 aliphatic rings. The summed E-state index contributed by atoms with van der Waals surface area (Å²) >= 11 is 0. The second-order valence-corrected chi connectivity index (χ2v) is 4.29. The van der Waals surface area contributed by atoms with E-state index in [9.17, 15) is 9.90 Å². The van der Waals surface area contributed by atoms with Crippen LogP contribution in [0, 0.1) is 0 Å². The van der Waals surface area contributed by atoms with Crippen LogP contribution in [0.4, 0.5) is 0 Å². The van der Waals surface area contributed by atoms with Gasteiger partial charge in [-0.3, -0.25) is 4.57 Å². The van der Waals surface area contributed by atoms with E-state index in [0.717, 1.165) is 5.69 Å². The van der Waals surface area contributed by atoms with Gasteiger partial charge in [-0.25, -0.2) is 9.78 Å². The second kappa shape index (κ2) is 4.70. The standard InChI is InChI=1S/C15H12N2O3/c1-20-11-5-2-4-10(8-11)17-9-16-13-7-3-6-12(14(13)17)15(18)19/h2-9H,1H3,(H,18,19). The van der Waals surface area contributed by atoms with E-state index in [-0.39, 0.29) is 5.56 Å². The van der Waals surface area contributed by atoms with Gasteiger partial charge in [0.1, 0.15) is 12.1 Å². The molecule has 0 atom stereocenters. The van der Waals surface area contributed by atoms with Gasteiger partial charge in [-0.15, -0.1) is 0 Å². The highest BCUT2D eigenvalue weighted by Crippen LogP contribution is 2.24. The summed E-state index contributed by atoms with van der Waals surface area (Å²) in [5.41, 5.74) is 2.25.